The molecule has 3 rings (SSSR count). The van der Waals surface area contributed by atoms with Gasteiger partial charge in [-0.1, -0.05) is 44.2 Å². The molecule has 1 aliphatic heterocycles. The summed E-state index contributed by atoms with van der Waals surface area (Å²) in [4.78, 5) is 0. The van der Waals surface area contributed by atoms with E-state index in [1.807, 2.05) is 19.9 Å². The van der Waals surface area contributed by atoms with Gasteiger partial charge in [0.15, 0.2) is 0 Å². The Morgan fingerprint density at radius 3 is 2.33 bits per heavy atom. The van der Waals surface area contributed by atoms with Crippen molar-refractivity contribution in [2.24, 2.45) is 0 Å². The number of ether oxygens (including phenoxy) is 1. The molecule has 1 aliphatic rings. The van der Waals surface area contributed by atoms with Crippen LogP contribution >= 0.6 is 0 Å². The van der Waals surface area contributed by atoms with Crippen molar-refractivity contribution < 1.29 is 17.9 Å². The molecule has 2 aromatic carbocycles. The zero-order chi connectivity index (χ0) is 17.5. The average Bonchev–Trinajstić information content (AvgIpc) is 2.95. The summed E-state index contributed by atoms with van der Waals surface area (Å²) in [5.41, 5.74) is -0.899. The maximum absolute atomic E-state index is 14.0. The second kappa shape index (κ2) is 5.55. The minimum Gasteiger partial charge on any atom is -0.472 e. The van der Waals surface area contributed by atoms with Gasteiger partial charge in [-0.3, -0.25) is 0 Å². The lowest BCUT2D eigenvalue weighted by Crippen LogP contribution is -2.46. The number of nitriles is 1. The fourth-order valence-corrected chi connectivity index (χ4v) is 3.04. The number of alkyl halides is 3. The molecule has 0 radical (unpaired) electrons. The summed E-state index contributed by atoms with van der Waals surface area (Å²) >= 11 is 0. The predicted octanol–water partition coefficient (Wildman–Crippen LogP) is 5.07. The van der Waals surface area contributed by atoms with Gasteiger partial charge in [0, 0.05) is 17.5 Å². The van der Waals surface area contributed by atoms with Crippen molar-refractivity contribution in [1.29, 1.82) is 5.26 Å². The van der Waals surface area contributed by atoms with Crippen molar-refractivity contribution in [2.75, 3.05) is 0 Å². The first kappa shape index (κ1) is 16.4. The van der Waals surface area contributed by atoms with Crippen molar-refractivity contribution in [3.05, 3.63) is 64.7 Å². The zero-order valence-corrected chi connectivity index (χ0v) is 13.3. The van der Waals surface area contributed by atoms with Gasteiger partial charge in [0.1, 0.15) is 5.75 Å². The first-order valence-electron chi connectivity index (χ1n) is 7.66. The normalized spacial score (nSPS) is 19.7. The number of nitrogens with zero attached hydrogens (tertiary/aromatic N) is 1. The molecule has 5 heteroatoms. The topological polar surface area (TPSA) is 33.0 Å². The largest absolute Gasteiger partial charge is 0.472 e. The first-order valence-corrected chi connectivity index (χ1v) is 7.66. The Hall–Kier alpha value is -2.48. The van der Waals surface area contributed by atoms with E-state index < -0.39 is 18.2 Å². The van der Waals surface area contributed by atoms with E-state index in [1.165, 1.54) is 30.3 Å². The van der Waals surface area contributed by atoms with Crippen molar-refractivity contribution in [1.82, 2.24) is 0 Å². The molecule has 0 aliphatic carbocycles. The van der Waals surface area contributed by atoms with Gasteiger partial charge >= 0.3 is 6.18 Å². The number of halogens is 3. The second-order valence-corrected chi connectivity index (χ2v) is 6.27. The van der Waals surface area contributed by atoms with E-state index in [-0.39, 0.29) is 22.8 Å². The van der Waals surface area contributed by atoms with E-state index in [2.05, 4.69) is 0 Å². The third-order valence-electron chi connectivity index (χ3n) is 4.46. The van der Waals surface area contributed by atoms with Gasteiger partial charge < -0.3 is 4.74 Å². The fraction of sp³-hybridized carbons (Fsp3) is 0.316. The molecule has 124 valence electrons. The molecule has 0 bridgehead atoms. The lowest BCUT2D eigenvalue weighted by atomic mass is 9.86. The number of fused-ring (bicyclic) bond motifs is 1. The second-order valence-electron chi connectivity index (χ2n) is 6.27. The molecular formula is C19H16F3NO. The Labute approximate surface area is 138 Å². The van der Waals surface area contributed by atoms with Gasteiger partial charge in [-0.15, -0.1) is 0 Å². The molecule has 0 aromatic heterocycles. The van der Waals surface area contributed by atoms with Gasteiger partial charge in [-0.25, -0.2) is 0 Å². The smallest absolute Gasteiger partial charge is 0.432 e. The van der Waals surface area contributed by atoms with Crippen molar-refractivity contribution in [2.45, 2.75) is 38.0 Å². The van der Waals surface area contributed by atoms with Crippen LogP contribution in [0.4, 0.5) is 13.2 Å². The Kier molecular flexibility index (Phi) is 3.79. The van der Waals surface area contributed by atoms with Crippen LogP contribution < -0.4 is 4.74 Å². The molecule has 1 unspecified atom stereocenters. The molecule has 0 N–H and O–H groups in total. The van der Waals surface area contributed by atoms with E-state index in [4.69, 9.17) is 10.00 Å². The minimum atomic E-state index is -4.60. The van der Waals surface area contributed by atoms with Crippen molar-refractivity contribution in [3.8, 4) is 11.8 Å². The Balaban J connectivity index is 2.11. The molecule has 0 saturated heterocycles. The molecule has 0 fully saturated rings. The summed E-state index contributed by atoms with van der Waals surface area (Å²) in [7, 11) is 0. The van der Waals surface area contributed by atoms with Crippen LogP contribution in [0.3, 0.4) is 0 Å². The predicted molar refractivity (Wildman–Crippen MR) is 83.8 cm³/mol. The van der Waals surface area contributed by atoms with E-state index in [9.17, 15) is 13.2 Å². The lowest BCUT2D eigenvalue weighted by molar-refractivity contribution is -0.248. The van der Waals surface area contributed by atoms with Crippen LogP contribution in [0.15, 0.2) is 42.5 Å². The van der Waals surface area contributed by atoms with Crippen LogP contribution in [0.25, 0.3) is 0 Å². The molecule has 2 nitrogen and oxygen atoms in total. The van der Waals surface area contributed by atoms with E-state index in [0.717, 1.165) is 5.56 Å². The number of hydrogen-bond acceptors (Lipinski definition) is 2. The van der Waals surface area contributed by atoms with Gasteiger partial charge in [0.25, 0.3) is 0 Å². The highest BCUT2D eigenvalue weighted by molar-refractivity contribution is 5.52. The lowest BCUT2D eigenvalue weighted by Gasteiger charge is -2.31. The van der Waals surface area contributed by atoms with E-state index in [0.29, 0.717) is 5.56 Å². The van der Waals surface area contributed by atoms with Crippen LogP contribution in [-0.2, 0) is 12.0 Å². The number of rotatable bonds is 2. The van der Waals surface area contributed by atoms with Gasteiger partial charge in [-0.2, -0.15) is 18.4 Å². The highest BCUT2D eigenvalue weighted by Crippen LogP contribution is 2.51. The van der Waals surface area contributed by atoms with Crippen molar-refractivity contribution >= 4 is 0 Å². The highest BCUT2D eigenvalue weighted by Gasteiger charge is 2.61. The van der Waals surface area contributed by atoms with Crippen molar-refractivity contribution in [3.63, 3.8) is 0 Å². The molecule has 0 saturated carbocycles. The van der Waals surface area contributed by atoms with E-state index >= 15 is 0 Å². The van der Waals surface area contributed by atoms with E-state index in [1.54, 1.807) is 12.1 Å². The molecular weight excluding hydrogens is 315 g/mol. The van der Waals surface area contributed by atoms with Crippen LogP contribution in [-0.4, -0.2) is 6.18 Å². The maximum Gasteiger partial charge on any atom is 0.432 e. The first-order chi connectivity index (χ1) is 11.3. The molecule has 24 heavy (non-hydrogen) atoms. The third-order valence-corrected chi connectivity index (χ3v) is 4.46. The summed E-state index contributed by atoms with van der Waals surface area (Å²) in [5.74, 6) is 0.354. The fourth-order valence-electron chi connectivity index (χ4n) is 3.04. The Morgan fingerprint density at radius 1 is 1.12 bits per heavy atom. The monoisotopic (exact) mass is 331 g/mol. The zero-order valence-electron chi connectivity index (χ0n) is 13.3. The van der Waals surface area contributed by atoms with Gasteiger partial charge in [0.05, 0.1) is 11.6 Å². The molecule has 0 amide bonds. The summed E-state index contributed by atoms with van der Waals surface area (Å²) in [5, 5.41) is 9.16. The highest BCUT2D eigenvalue weighted by atomic mass is 19.4. The van der Waals surface area contributed by atoms with Crippen LogP contribution in [0, 0.1) is 11.3 Å². The maximum atomic E-state index is 14.0. The average molecular weight is 331 g/mol. The number of hydrogen-bond donors (Lipinski definition) is 0. The Morgan fingerprint density at radius 2 is 1.79 bits per heavy atom. The summed E-state index contributed by atoms with van der Waals surface area (Å²) in [6.45, 7) is 3.96. The van der Waals surface area contributed by atoms with Gasteiger partial charge in [0.2, 0.25) is 5.60 Å². The van der Waals surface area contributed by atoms with Gasteiger partial charge in [-0.05, 0) is 23.6 Å². The van der Waals surface area contributed by atoms with Crippen LogP contribution in [0.2, 0.25) is 0 Å². The standard InChI is InChI=1S/C19H16F3NO/c1-12(2)13-6-8-15(9-7-13)18(19(20,21)22)10-16-14(11-23)4-3-5-17(16)24-18/h3-9,12H,10H2,1-2H3. The summed E-state index contributed by atoms with van der Waals surface area (Å²) in [6.07, 6.45) is -4.99. The molecule has 2 aromatic rings. The van der Waals surface area contributed by atoms with Crippen LogP contribution in [0.5, 0.6) is 5.75 Å². The SMILES string of the molecule is CC(C)c1ccc(C2(C(F)(F)F)Cc3c(C#N)cccc3O2)cc1. The quantitative estimate of drug-likeness (QED) is 0.769. The molecule has 1 heterocycles. The minimum absolute atomic E-state index is 0.0551. The third kappa shape index (κ3) is 2.43. The van der Waals surface area contributed by atoms with Crippen LogP contribution in [0.1, 0.15) is 42.0 Å². The summed E-state index contributed by atoms with van der Waals surface area (Å²) in [6, 6.07) is 12.8. The number of benzene rings is 2. The Bertz CT molecular complexity index is 803. The summed E-state index contributed by atoms with van der Waals surface area (Å²) < 4.78 is 47.3. The molecule has 1 atom stereocenters. The molecule has 0 spiro atoms.